The van der Waals surface area contributed by atoms with E-state index < -0.39 is 0 Å². The topological polar surface area (TPSA) is 46.3 Å². The molecule has 0 aliphatic carbocycles. The summed E-state index contributed by atoms with van der Waals surface area (Å²) >= 11 is 0. The molecule has 0 aromatic heterocycles. The van der Waals surface area contributed by atoms with Gasteiger partial charge in [0.25, 0.3) is 0 Å². The van der Waals surface area contributed by atoms with E-state index in [1.807, 2.05) is 11.0 Å². The van der Waals surface area contributed by atoms with E-state index in [4.69, 9.17) is 5.73 Å². The molecule has 18 heavy (non-hydrogen) atoms. The number of benzene rings is 1. The summed E-state index contributed by atoms with van der Waals surface area (Å²) in [6.07, 6.45) is 3.62. The second kappa shape index (κ2) is 6.55. The summed E-state index contributed by atoms with van der Waals surface area (Å²) in [6.45, 7) is 2.44. The highest BCUT2D eigenvalue weighted by molar-refractivity contribution is 5.76. The number of hydrogen-bond donors (Lipinski definition) is 1. The first-order valence-electron chi connectivity index (χ1n) is 6.81. The summed E-state index contributed by atoms with van der Waals surface area (Å²) < 4.78 is 0. The van der Waals surface area contributed by atoms with Gasteiger partial charge in [-0.15, -0.1) is 0 Å². The van der Waals surface area contributed by atoms with Gasteiger partial charge in [0.2, 0.25) is 5.91 Å². The standard InChI is InChI=1S/C15H22N2O/c16-9-4-7-15(18)17-10-8-14(12-17)11-13-5-2-1-3-6-13/h1-3,5-6,14H,4,7-12,16H2. The summed E-state index contributed by atoms with van der Waals surface area (Å²) in [4.78, 5) is 13.9. The Morgan fingerprint density at radius 2 is 2.11 bits per heavy atom. The van der Waals surface area contributed by atoms with Gasteiger partial charge in [-0.1, -0.05) is 30.3 Å². The Bertz CT molecular complexity index is 377. The van der Waals surface area contributed by atoms with Crippen LogP contribution in [-0.2, 0) is 11.2 Å². The maximum absolute atomic E-state index is 11.9. The van der Waals surface area contributed by atoms with Gasteiger partial charge in [0, 0.05) is 19.5 Å². The molecule has 2 N–H and O–H groups in total. The van der Waals surface area contributed by atoms with Gasteiger partial charge < -0.3 is 10.6 Å². The van der Waals surface area contributed by atoms with Crippen LogP contribution >= 0.6 is 0 Å². The lowest BCUT2D eigenvalue weighted by atomic mass is 9.99. The molecule has 2 rings (SSSR count). The van der Waals surface area contributed by atoms with Crippen LogP contribution in [0.3, 0.4) is 0 Å². The fourth-order valence-corrected chi connectivity index (χ4v) is 2.58. The van der Waals surface area contributed by atoms with Crippen molar-refractivity contribution in [2.75, 3.05) is 19.6 Å². The summed E-state index contributed by atoms with van der Waals surface area (Å²) in [5.41, 5.74) is 6.81. The van der Waals surface area contributed by atoms with Crippen LogP contribution in [0, 0.1) is 5.92 Å². The highest BCUT2D eigenvalue weighted by Gasteiger charge is 2.25. The normalized spacial score (nSPS) is 19.2. The van der Waals surface area contributed by atoms with Crippen molar-refractivity contribution in [3.05, 3.63) is 35.9 Å². The van der Waals surface area contributed by atoms with E-state index in [1.54, 1.807) is 0 Å². The average molecular weight is 246 g/mol. The molecule has 1 aromatic carbocycles. The summed E-state index contributed by atoms with van der Waals surface area (Å²) in [5.74, 6) is 0.894. The van der Waals surface area contributed by atoms with Crippen LogP contribution in [0.4, 0.5) is 0 Å². The molecule has 1 amide bonds. The molecule has 0 radical (unpaired) electrons. The zero-order chi connectivity index (χ0) is 12.8. The molecule has 0 saturated carbocycles. The maximum atomic E-state index is 11.9. The Balaban J connectivity index is 1.80. The number of hydrogen-bond acceptors (Lipinski definition) is 2. The van der Waals surface area contributed by atoms with Crippen LogP contribution in [0.1, 0.15) is 24.8 Å². The predicted octanol–water partition coefficient (Wildman–Crippen LogP) is 1.82. The van der Waals surface area contributed by atoms with Crippen molar-refractivity contribution in [3.63, 3.8) is 0 Å². The molecule has 1 aliphatic rings. The number of rotatable bonds is 5. The molecule has 1 unspecified atom stereocenters. The van der Waals surface area contributed by atoms with Gasteiger partial charge in [0.1, 0.15) is 0 Å². The first-order chi connectivity index (χ1) is 8.79. The number of nitrogens with two attached hydrogens (primary N) is 1. The first-order valence-corrected chi connectivity index (χ1v) is 6.81. The molecule has 1 atom stereocenters. The molecule has 0 spiro atoms. The zero-order valence-electron chi connectivity index (χ0n) is 10.8. The maximum Gasteiger partial charge on any atom is 0.222 e. The molecule has 0 bridgehead atoms. The van der Waals surface area contributed by atoms with Gasteiger partial charge in [-0.2, -0.15) is 0 Å². The van der Waals surface area contributed by atoms with E-state index in [-0.39, 0.29) is 5.91 Å². The Morgan fingerprint density at radius 3 is 2.83 bits per heavy atom. The van der Waals surface area contributed by atoms with E-state index >= 15 is 0 Å². The second-order valence-electron chi connectivity index (χ2n) is 5.08. The van der Waals surface area contributed by atoms with Gasteiger partial charge >= 0.3 is 0 Å². The first kappa shape index (κ1) is 13.1. The highest BCUT2D eigenvalue weighted by atomic mass is 16.2. The molecule has 3 heteroatoms. The van der Waals surface area contributed by atoms with E-state index in [2.05, 4.69) is 24.3 Å². The van der Waals surface area contributed by atoms with Crippen molar-refractivity contribution >= 4 is 5.91 Å². The molecule has 1 heterocycles. The minimum Gasteiger partial charge on any atom is -0.342 e. The number of carbonyl (C=O) groups is 1. The van der Waals surface area contributed by atoms with E-state index in [0.29, 0.717) is 18.9 Å². The Kier molecular flexibility index (Phi) is 4.76. The van der Waals surface area contributed by atoms with Gasteiger partial charge in [0.15, 0.2) is 0 Å². The fourth-order valence-electron chi connectivity index (χ4n) is 2.58. The number of likely N-dealkylation sites (tertiary alicyclic amines) is 1. The van der Waals surface area contributed by atoms with Crippen molar-refractivity contribution in [2.24, 2.45) is 11.7 Å². The van der Waals surface area contributed by atoms with Crippen molar-refractivity contribution < 1.29 is 4.79 Å². The summed E-state index contributed by atoms with van der Waals surface area (Å²) in [7, 11) is 0. The number of nitrogens with zero attached hydrogens (tertiary/aromatic N) is 1. The zero-order valence-corrected chi connectivity index (χ0v) is 10.8. The average Bonchev–Trinajstić information content (AvgIpc) is 2.86. The third kappa shape index (κ3) is 3.57. The summed E-state index contributed by atoms with van der Waals surface area (Å²) in [6, 6.07) is 10.5. The van der Waals surface area contributed by atoms with Gasteiger partial charge in [-0.3, -0.25) is 4.79 Å². The monoisotopic (exact) mass is 246 g/mol. The van der Waals surface area contributed by atoms with Crippen molar-refractivity contribution in [3.8, 4) is 0 Å². The van der Waals surface area contributed by atoms with Crippen LogP contribution in [0.2, 0.25) is 0 Å². The number of carbonyl (C=O) groups excluding carboxylic acids is 1. The molecule has 1 saturated heterocycles. The lowest BCUT2D eigenvalue weighted by molar-refractivity contribution is -0.130. The summed E-state index contributed by atoms with van der Waals surface area (Å²) in [5, 5.41) is 0. The van der Waals surface area contributed by atoms with Crippen molar-refractivity contribution in [2.45, 2.75) is 25.7 Å². The minimum absolute atomic E-state index is 0.274. The third-order valence-electron chi connectivity index (χ3n) is 3.60. The third-order valence-corrected chi connectivity index (χ3v) is 3.60. The van der Waals surface area contributed by atoms with Gasteiger partial charge in [0.05, 0.1) is 0 Å². The van der Waals surface area contributed by atoms with Crippen LogP contribution in [0.15, 0.2) is 30.3 Å². The lowest BCUT2D eigenvalue weighted by Crippen LogP contribution is -2.29. The van der Waals surface area contributed by atoms with E-state index in [0.717, 1.165) is 32.4 Å². The Hall–Kier alpha value is -1.35. The number of amides is 1. The van der Waals surface area contributed by atoms with Crippen LogP contribution in [-0.4, -0.2) is 30.4 Å². The van der Waals surface area contributed by atoms with Crippen LogP contribution in [0.5, 0.6) is 0 Å². The molecule has 98 valence electrons. The predicted molar refractivity (Wildman–Crippen MR) is 73.1 cm³/mol. The van der Waals surface area contributed by atoms with E-state index in [9.17, 15) is 4.79 Å². The van der Waals surface area contributed by atoms with Crippen molar-refractivity contribution in [1.82, 2.24) is 4.90 Å². The van der Waals surface area contributed by atoms with Crippen LogP contribution < -0.4 is 5.73 Å². The van der Waals surface area contributed by atoms with Crippen molar-refractivity contribution in [1.29, 1.82) is 0 Å². The smallest absolute Gasteiger partial charge is 0.222 e. The SMILES string of the molecule is NCCCC(=O)N1CCC(Cc2ccccc2)C1. The van der Waals surface area contributed by atoms with Crippen LogP contribution in [0.25, 0.3) is 0 Å². The molecule has 1 fully saturated rings. The highest BCUT2D eigenvalue weighted by Crippen LogP contribution is 2.21. The van der Waals surface area contributed by atoms with Gasteiger partial charge in [-0.05, 0) is 37.3 Å². The molecule has 1 aliphatic heterocycles. The largest absolute Gasteiger partial charge is 0.342 e. The van der Waals surface area contributed by atoms with E-state index in [1.165, 1.54) is 5.56 Å². The molecular weight excluding hydrogens is 224 g/mol. The molecular formula is C15H22N2O. The second-order valence-corrected chi connectivity index (χ2v) is 5.08. The quantitative estimate of drug-likeness (QED) is 0.861. The fraction of sp³-hybridized carbons (Fsp3) is 0.533. The lowest BCUT2D eigenvalue weighted by Gasteiger charge is -2.16. The van der Waals surface area contributed by atoms with Gasteiger partial charge in [-0.25, -0.2) is 0 Å². The molecule has 1 aromatic rings. The minimum atomic E-state index is 0.274. The Labute approximate surface area is 109 Å². The Morgan fingerprint density at radius 1 is 1.33 bits per heavy atom. The molecule has 3 nitrogen and oxygen atoms in total.